The molecule has 3 aromatic carbocycles. The summed E-state index contributed by atoms with van der Waals surface area (Å²) in [5.41, 5.74) is 10.8. The fourth-order valence-electron chi connectivity index (χ4n) is 4.86. The van der Waals surface area contributed by atoms with Crippen LogP contribution in [0, 0.1) is 31.1 Å². The molecule has 50 heavy (non-hydrogen) atoms. The average Bonchev–Trinajstić information content (AvgIpc) is 3.67. The third kappa shape index (κ3) is 11.9. The highest BCUT2D eigenvalue weighted by atomic mass is 16.6. The van der Waals surface area contributed by atoms with Crippen LogP contribution >= 0.6 is 0 Å². The van der Waals surface area contributed by atoms with E-state index in [2.05, 4.69) is 0 Å². The fourth-order valence-corrected chi connectivity index (χ4v) is 4.86. The summed E-state index contributed by atoms with van der Waals surface area (Å²) in [5, 5.41) is 26.4. The van der Waals surface area contributed by atoms with Gasteiger partial charge in [-0.3, -0.25) is 0 Å². The molecule has 3 atom stereocenters. The molecule has 11 heteroatoms. The Bertz CT molecular complexity index is 1690. The number of ether oxygens (including phenoxy) is 3. The van der Waals surface area contributed by atoms with Gasteiger partial charge in [0.25, 0.3) is 0 Å². The van der Waals surface area contributed by atoms with Crippen molar-refractivity contribution in [1.29, 1.82) is 5.26 Å². The smallest absolute Gasteiger partial charge is 0.419 e. The molecule has 1 unspecified atom stereocenters. The van der Waals surface area contributed by atoms with Gasteiger partial charge in [0.2, 0.25) is 0 Å². The number of hydrogen-bond acceptors (Lipinski definition) is 9. The maximum absolute atomic E-state index is 12.2. The van der Waals surface area contributed by atoms with Crippen molar-refractivity contribution in [1.82, 2.24) is 4.57 Å². The third-order valence-corrected chi connectivity index (χ3v) is 7.45. The predicted octanol–water partition coefficient (Wildman–Crippen LogP) is 7.48. The first-order valence-electron chi connectivity index (χ1n) is 16.4. The number of nitrogens with zero attached hydrogens (tertiary/aromatic N) is 2. The third-order valence-electron chi connectivity index (χ3n) is 7.45. The van der Waals surface area contributed by atoms with Gasteiger partial charge in [-0.2, -0.15) is 5.26 Å². The van der Waals surface area contributed by atoms with Gasteiger partial charge in [-0.1, -0.05) is 86.5 Å². The second-order valence-corrected chi connectivity index (χ2v) is 11.2. The van der Waals surface area contributed by atoms with Crippen LogP contribution < -0.4 is 5.73 Å². The van der Waals surface area contributed by atoms with Crippen LogP contribution in [0.15, 0.2) is 85.1 Å². The molecule has 1 aliphatic heterocycles. The van der Waals surface area contributed by atoms with Crippen molar-refractivity contribution in [2.24, 2.45) is 5.92 Å². The van der Waals surface area contributed by atoms with Crippen molar-refractivity contribution in [3.05, 3.63) is 124 Å². The molecular weight excluding hydrogens is 638 g/mol. The van der Waals surface area contributed by atoms with E-state index in [9.17, 15) is 19.6 Å². The van der Waals surface area contributed by atoms with Gasteiger partial charge in [-0.15, -0.1) is 0 Å². The van der Waals surface area contributed by atoms with Gasteiger partial charge in [0.15, 0.2) is 5.69 Å². The maximum Gasteiger partial charge on any atom is 0.419 e. The minimum atomic E-state index is -0.875. The Balaban J connectivity index is 0.000000350. The van der Waals surface area contributed by atoms with Crippen molar-refractivity contribution in [2.75, 3.05) is 18.9 Å². The van der Waals surface area contributed by atoms with Crippen molar-refractivity contribution < 1.29 is 38.8 Å². The molecular formula is C39H47N3O8. The number of esters is 1. The van der Waals surface area contributed by atoms with Gasteiger partial charge in [-0.25, -0.2) is 19.0 Å². The molecule has 266 valence electrons. The van der Waals surface area contributed by atoms with Gasteiger partial charge in [0, 0.05) is 11.8 Å². The lowest BCUT2D eigenvalue weighted by Gasteiger charge is -2.15. The van der Waals surface area contributed by atoms with Crippen LogP contribution in [0.4, 0.5) is 10.5 Å². The molecule has 0 bridgehead atoms. The monoisotopic (exact) mass is 685 g/mol. The number of aromatic carboxylic acids is 1. The van der Waals surface area contributed by atoms with E-state index in [-0.39, 0.29) is 43.2 Å². The Hall–Kier alpha value is -5.44. The van der Waals surface area contributed by atoms with E-state index in [0.717, 1.165) is 21.3 Å². The molecule has 5 rings (SSSR count). The number of carbonyl (C=O) groups is 3. The quantitative estimate of drug-likeness (QED) is 0.166. The number of carboxylic acids is 1. The van der Waals surface area contributed by atoms with E-state index in [1.165, 1.54) is 6.20 Å². The molecule has 0 saturated carbocycles. The number of aromatic nitrogens is 1. The lowest BCUT2D eigenvalue weighted by Crippen LogP contribution is -2.18. The summed E-state index contributed by atoms with van der Waals surface area (Å²) in [5.74, 6) is -1.23. The number of rotatable bonds is 7. The van der Waals surface area contributed by atoms with E-state index in [0.29, 0.717) is 23.1 Å². The summed E-state index contributed by atoms with van der Waals surface area (Å²) in [6.07, 6.45) is 0.748. The Labute approximate surface area is 293 Å². The molecule has 1 fully saturated rings. The first-order valence-corrected chi connectivity index (χ1v) is 16.4. The van der Waals surface area contributed by atoms with E-state index < -0.39 is 24.1 Å². The van der Waals surface area contributed by atoms with Gasteiger partial charge in [-0.05, 0) is 62.9 Å². The van der Waals surface area contributed by atoms with Crippen LogP contribution in [-0.2, 0) is 20.8 Å². The molecule has 4 aromatic rings. The average molecular weight is 686 g/mol. The van der Waals surface area contributed by atoms with Crippen molar-refractivity contribution >= 4 is 23.7 Å². The Morgan fingerprint density at radius 3 is 1.98 bits per heavy atom. The first-order chi connectivity index (χ1) is 24.0. The highest BCUT2D eigenvalue weighted by molar-refractivity contribution is 5.89. The van der Waals surface area contributed by atoms with Crippen LogP contribution in [-0.4, -0.2) is 52.1 Å². The maximum atomic E-state index is 12.2. The standard InChI is InChI=1S/C22H25N3O5.C8H8O2.C7H8O.C2H6/c1-4-28-22(27)25-11-17(19(24)18(25)10-23)20-14(3)9-16(30-20)12-29-21(26)15-7-5-13(2)6-8-15;1-6-2-4-7(5-3-6)8(9)10;8-6-7-4-2-1-3-5-7;1-2/h5-8,11,14,16,20H,4,9,12,24H2,1-3H3;2-5H,1H3,(H,9,10);1-5,8H,6H2;1-2H3/t14?,16-,20+;;;/m0.../s1. The second kappa shape index (κ2) is 20.8. The molecule has 4 N–H and O–H groups in total. The fraction of sp³-hybridized carbons (Fsp3) is 0.333. The lowest BCUT2D eigenvalue weighted by atomic mass is 9.97. The molecule has 1 aromatic heterocycles. The summed E-state index contributed by atoms with van der Waals surface area (Å²) in [7, 11) is 0. The Kier molecular flexibility index (Phi) is 17.0. The highest BCUT2D eigenvalue weighted by Crippen LogP contribution is 2.41. The molecule has 0 radical (unpaired) electrons. The first kappa shape index (κ1) is 40.7. The summed E-state index contributed by atoms with van der Waals surface area (Å²) in [6.45, 7) is 12.0. The van der Waals surface area contributed by atoms with Crippen LogP contribution in [0.3, 0.4) is 0 Å². The highest BCUT2D eigenvalue weighted by Gasteiger charge is 2.37. The summed E-state index contributed by atoms with van der Waals surface area (Å²) in [6, 6.07) is 25.4. The molecule has 0 spiro atoms. The predicted molar refractivity (Wildman–Crippen MR) is 191 cm³/mol. The number of benzene rings is 3. The zero-order valence-corrected chi connectivity index (χ0v) is 29.5. The largest absolute Gasteiger partial charge is 0.478 e. The number of nitrogens with two attached hydrogens (primary N) is 1. The molecule has 1 saturated heterocycles. The number of carbonyl (C=O) groups excluding carboxylic acids is 2. The number of nitriles is 1. The number of aliphatic hydroxyl groups excluding tert-OH is 1. The number of aryl methyl sites for hydroxylation is 2. The van der Waals surface area contributed by atoms with Crippen molar-refractivity contribution in [3.8, 4) is 6.07 Å². The van der Waals surface area contributed by atoms with Crippen LogP contribution in [0.5, 0.6) is 0 Å². The van der Waals surface area contributed by atoms with Gasteiger partial charge in [0.05, 0.1) is 42.2 Å². The number of hydrogen-bond donors (Lipinski definition) is 3. The summed E-state index contributed by atoms with van der Waals surface area (Å²) in [4.78, 5) is 34.7. The summed E-state index contributed by atoms with van der Waals surface area (Å²) < 4.78 is 17.6. The Morgan fingerprint density at radius 1 is 0.940 bits per heavy atom. The van der Waals surface area contributed by atoms with Gasteiger partial charge >= 0.3 is 18.0 Å². The lowest BCUT2D eigenvalue weighted by molar-refractivity contribution is -0.0113. The van der Waals surface area contributed by atoms with Crippen LogP contribution in [0.1, 0.15) is 88.9 Å². The number of anilines is 1. The molecule has 0 aliphatic carbocycles. The van der Waals surface area contributed by atoms with Crippen molar-refractivity contribution in [3.63, 3.8) is 0 Å². The van der Waals surface area contributed by atoms with E-state index in [1.54, 1.807) is 43.3 Å². The van der Waals surface area contributed by atoms with Crippen molar-refractivity contribution in [2.45, 2.75) is 66.8 Å². The second-order valence-electron chi connectivity index (χ2n) is 11.2. The zero-order chi connectivity index (χ0) is 37.2. The minimum Gasteiger partial charge on any atom is -0.478 e. The molecule has 0 amide bonds. The van der Waals surface area contributed by atoms with Gasteiger partial charge < -0.3 is 30.2 Å². The van der Waals surface area contributed by atoms with Crippen LogP contribution in [0.2, 0.25) is 0 Å². The van der Waals surface area contributed by atoms with E-state index in [4.69, 9.17) is 30.2 Å². The number of nitrogen functional groups attached to an aromatic ring is 1. The topological polar surface area (TPSA) is 174 Å². The number of carboxylic acid groups (broad SMARTS) is 1. The number of aliphatic hydroxyl groups is 1. The minimum absolute atomic E-state index is 0.0218. The molecule has 2 heterocycles. The Morgan fingerprint density at radius 2 is 1.50 bits per heavy atom. The summed E-state index contributed by atoms with van der Waals surface area (Å²) >= 11 is 0. The van der Waals surface area contributed by atoms with Gasteiger partial charge in [0.1, 0.15) is 12.7 Å². The molecule has 1 aliphatic rings. The van der Waals surface area contributed by atoms with E-state index >= 15 is 0 Å². The van der Waals surface area contributed by atoms with E-state index in [1.807, 2.05) is 83.2 Å². The van der Waals surface area contributed by atoms with Crippen LogP contribution in [0.25, 0.3) is 0 Å². The zero-order valence-electron chi connectivity index (χ0n) is 29.5. The normalized spacial score (nSPS) is 15.8. The SMILES string of the molecule is CC.CCOC(=O)n1cc([C@@H]2O[C@H](COC(=O)c3ccc(C)cc3)CC2C)c(N)c1C#N.Cc1ccc(C(=O)O)cc1.OCc1ccccc1. The molecule has 11 nitrogen and oxygen atoms in total.